The van der Waals surface area contributed by atoms with Gasteiger partial charge in [-0.15, -0.1) is 0 Å². The SMILES string of the molecule is Cc1nc2ccc(S(=O)(=O)N3CCN(C=O)CC3)cc2[nH]1. The van der Waals surface area contributed by atoms with E-state index in [1.165, 1.54) is 4.31 Å². The van der Waals surface area contributed by atoms with E-state index in [-0.39, 0.29) is 4.90 Å². The topological polar surface area (TPSA) is 86.4 Å². The van der Waals surface area contributed by atoms with Crippen LogP contribution in [0.3, 0.4) is 0 Å². The number of benzene rings is 1. The molecule has 112 valence electrons. The van der Waals surface area contributed by atoms with Crippen molar-refractivity contribution in [3.05, 3.63) is 24.0 Å². The lowest BCUT2D eigenvalue weighted by atomic mass is 10.3. The van der Waals surface area contributed by atoms with E-state index in [0.717, 1.165) is 17.8 Å². The molecule has 1 fully saturated rings. The molecule has 1 amide bonds. The monoisotopic (exact) mass is 308 g/mol. The van der Waals surface area contributed by atoms with Gasteiger partial charge in [-0.05, 0) is 25.1 Å². The standard InChI is InChI=1S/C13H16N4O3S/c1-10-14-12-3-2-11(8-13(12)15-10)21(19,20)17-6-4-16(9-18)5-7-17/h2-3,8-9H,4-7H2,1H3,(H,14,15). The first-order valence-corrected chi connectivity index (χ1v) is 8.10. The fraction of sp³-hybridized carbons (Fsp3) is 0.385. The molecule has 21 heavy (non-hydrogen) atoms. The minimum absolute atomic E-state index is 0.248. The summed E-state index contributed by atoms with van der Waals surface area (Å²) in [5.41, 5.74) is 1.46. The zero-order valence-electron chi connectivity index (χ0n) is 11.6. The highest BCUT2D eigenvalue weighted by Crippen LogP contribution is 2.21. The molecule has 0 saturated carbocycles. The summed E-state index contributed by atoms with van der Waals surface area (Å²) in [5, 5.41) is 0. The molecule has 1 aromatic heterocycles. The van der Waals surface area contributed by atoms with Crippen LogP contribution in [-0.4, -0.2) is 60.2 Å². The Bertz CT molecular complexity index is 776. The number of fused-ring (bicyclic) bond motifs is 1. The third kappa shape index (κ3) is 2.52. The molecule has 2 aromatic rings. The summed E-state index contributed by atoms with van der Waals surface area (Å²) >= 11 is 0. The number of aryl methyl sites for hydroxylation is 1. The van der Waals surface area contributed by atoms with Crippen molar-refractivity contribution >= 4 is 27.5 Å². The number of piperazine rings is 1. The number of sulfonamides is 1. The van der Waals surface area contributed by atoms with Crippen LogP contribution in [-0.2, 0) is 14.8 Å². The van der Waals surface area contributed by atoms with Gasteiger partial charge in [-0.25, -0.2) is 13.4 Å². The first-order chi connectivity index (χ1) is 10.0. The first kappa shape index (κ1) is 14.0. The third-order valence-electron chi connectivity index (χ3n) is 3.63. The van der Waals surface area contributed by atoms with Gasteiger partial charge in [0.05, 0.1) is 15.9 Å². The molecule has 0 bridgehead atoms. The molecule has 7 nitrogen and oxygen atoms in total. The summed E-state index contributed by atoms with van der Waals surface area (Å²) in [4.78, 5) is 19.8. The van der Waals surface area contributed by atoms with Gasteiger partial charge in [-0.3, -0.25) is 4.79 Å². The molecular formula is C13H16N4O3S. The smallest absolute Gasteiger partial charge is 0.243 e. The highest BCUT2D eigenvalue weighted by molar-refractivity contribution is 7.89. The summed E-state index contributed by atoms with van der Waals surface area (Å²) in [6.45, 7) is 3.32. The van der Waals surface area contributed by atoms with Gasteiger partial charge in [0.2, 0.25) is 16.4 Å². The van der Waals surface area contributed by atoms with Crippen molar-refractivity contribution in [3.8, 4) is 0 Å². The van der Waals surface area contributed by atoms with Crippen molar-refractivity contribution < 1.29 is 13.2 Å². The number of nitrogens with one attached hydrogen (secondary N) is 1. The van der Waals surface area contributed by atoms with Gasteiger partial charge in [-0.1, -0.05) is 0 Å². The number of rotatable bonds is 3. The maximum atomic E-state index is 12.6. The quantitative estimate of drug-likeness (QED) is 0.828. The Morgan fingerprint density at radius 2 is 1.95 bits per heavy atom. The third-order valence-corrected chi connectivity index (χ3v) is 5.53. The number of H-pyrrole nitrogens is 1. The number of aromatic nitrogens is 2. The second-order valence-electron chi connectivity index (χ2n) is 5.05. The van der Waals surface area contributed by atoms with E-state index < -0.39 is 10.0 Å². The molecule has 0 unspecified atom stereocenters. The van der Waals surface area contributed by atoms with Crippen LogP contribution in [0.2, 0.25) is 0 Å². The van der Waals surface area contributed by atoms with Crippen LogP contribution in [0.25, 0.3) is 11.0 Å². The number of hydrogen-bond acceptors (Lipinski definition) is 4. The zero-order valence-corrected chi connectivity index (χ0v) is 12.4. The average Bonchev–Trinajstić information content (AvgIpc) is 2.86. The molecule has 2 heterocycles. The van der Waals surface area contributed by atoms with Crippen LogP contribution in [0.5, 0.6) is 0 Å². The predicted octanol–water partition coefficient (Wildman–Crippen LogP) is 0.334. The van der Waals surface area contributed by atoms with E-state index in [1.807, 2.05) is 6.92 Å². The number of aromatic amines is 1. The number of amides is 1. The molecule has 0 aliphatic carbocycles. The van der Waals surface area contributed by atoms with E-state index in [4.69, 9.17) is 0 Å². The van der Waals surface area contributed by atoms with E-state index in [9.17, 15) is 13.2 Å². The van der Waals surface area contributed by atoms with Crippen molar-refractivity contribution in [1.29, 1.82) is 0 Å². The van der Waals surface area contributed by atoms with Gasteiger partial charge in [0.15, 0.2) is 0 Å². The lowest BCUT2D eigenvalue weighted by molar-refractivity contribution is -0.119. The van der Waals surface area contributed by atoms with Crippen LogP contribution >= 0.6 is 0 Å². The zero-order chi connectivity index (χ0) is 15.0. The summed E-state index contributed by atoms with van der Waals surface area (Å²) in [5.74, 6) is 0.749. The first-order valence-electron chi connectivity index (χ1n) is 6.66. The summed E-state index contributed by atoms with van der Waals surface area (Å²) in [7, 11) is -3.53. The lowest BCUT2D eigenvalue weighted by Crippen LogP contribution is -2.47. The number of hydrogen-bond donors (Lipinski definition) is 1. The average molecular weight is 308 g/mol. The maximum absolute atomic E-state index is 12.6. The fourth-order valence-corrected chi connectivity index (χ4v) is 3.92. The van der Waals surface area contributed by atoms with E-state index in [1.54, 1.807) is 23.1 Å². The molecule has 0 radical (unpaired) electrons. The minimum atomic E-state index is -3.53. The largest absolute Gasteiger partial charge is 0.343 e. The summed E-state index contributed by atoms with van der Waals surface area (Å²) in [6.07, 6.45) is 0.753. The molecule has 0 spiro atoms. The Labute approximate surface area is 122 Å². The van der Waals surface area contributed by atoms with Crippen LogP contribution in [0, 0.1) is 6.92 Å². The second kappa shape index (κ2) is 5.12. The Hall–Kier alpha value is -1.93. The Kier molecular flexibility index (Phi) is 3.42. The summed E-state index contributed by atoms with van der Waals surface area (Å²) in [6, 6.07) is 4.88. The molecule has 1 aliphatic rings. The van der Waals surface area contributed by atoms with Crippen molar-refractivity contribution in [2.45, 2.75) is 11.8 Å². The van der Waals surface area contributed by atoms with Gasteiger partial charge in [0.25, 0.3) is 0 Å². The van der Waals surface area contributed by atoms with E-state index in [0.29, 0.717) is 31.7 Å². The van der Waals surface area contributed by atoms with Crippen molar-refractivity contribution in [2.24, 2.45) is 0 Å². The Morgan fingerprint density at radius 1 is 1.24 bits per heavy atom. The number of nitrogens with zero attached hydrogens (tertiary/aromatic N) is 3. The molecular weight excluding hydrogens is 292 g/mol. The number of carbonyl (C=O) groups is 1. The van der Waals surface area contributed by atoms with E-state index >= 15 is 0 Å². The highest BCUT2D eigenvalue weighted by Gasteiger charge is 2.28. The van der Waals surface area contributed by atoms with Crippen LogP contribution in [0.1, 0.15) is 5.82 Å². The molecule has 1 aliphatic heterocycles. The normalized spacial score (nSPS) is 17.3. The Balaban J connectivity index is 1.91. The van der Waals surface area contributed by atoms with Crippen LogP contribution in [0.15, 0.2) is 23.1 Å². The van der Waals surface area contributed by atoms with E-state index in [2.05, 4.69) is 9.97 Å². The van der Waals surface area contributed by atoms with Crippen molar-refractivity contribution in [2.75, 3.05) is 26.2 Å². The summed E-state index contributed by atoms with van der Waals surface area (Å²) < 4.78 is 26.6. The van der Waals surface area contributed by atoms with Gasteiger partial charge >= 0.3 is 0 Å². The molecule has 1 aromatic carbocycles. The van der Waals surface area contributed by atoms with Gasteiger partial charge in [0.1, 0.15) is 5.82 Å². The van der Waals surface area contributed by atoms with Crippen LogP contribution < -0.4 is 0 Å². The molecule has 1 N–H and O–H groups in total. The molecule has 8 heteroatoms. The van der Waals surface area contributed by atoms with Gasteiger partial charge < -0.3 is 9.88 Å². The Morgan fingerprint density at radius 3 is 2.62 bits per heavy atom. The molecule has 1 saturated heterocycles. The van der Waals surface area contributed by atoms with Gasteiger partial charge in [-0.2, -0.15) is 4.31 Å². The van der Waals surface area contributed by atoms with Crippen molar-refractivity contribution in [1.82, 2.24) is 19.2 Å². The van der Waals surface area contributed by atoms with Gasteiger partial charge in [0, 0.05) is 26.2 Å². The number of imidazole rings is 1. The van der Waals surface area contributed by atoms with Crippen molar-refractivity contribution in [3.63, 3.8) is 0 Å². The maximum Gasteiger partial charge on any atom is 0.243 e. The van der Waals surface area contributed by atoms with Crippen LogP contribution in [0.4, 0.5) is 0 Å². The molecule has 3 rings (SSSR count). The lowest BCUT2D eigenvalue weighted by Gasteiger charge is -2.31. The fourth-order valence-electron chi connectivity index (χ4n) is 2.48. The highest BCUT2D eigenvalue weighted by atomic mass is 32.2. The molecule has 0 atom stereocenters. The second-order valence-corrected chi connectivity index (χ2v) is 6.98. The minimum Gasteiger partial charge on any atom is -0.343 e. The predicted molar refractivity (Wildman–Crippen MR) is 77.2 cm³/mol. The number of carbonyl (C=O) groups excluding carboxylic acids is 1.